The number of carbonyl (C=O) groups is 2. The summed E-state index contributed by atoms with van der Waals surface area (Å²) in [5.41, 5.74) is 0. The Labute approximate surface area is 80.7 Å². The van der Waals surface area contributed by atoms with Crippen LogP contribution in [0.1, 0.15) is 12.7 Å². The Balaban J connectivity index is 2.40. The lowest BCUT2D eigenvalue weighted by atomic mass is 10.3. The number of furan rings is 1. The van der Waals surface area contributed by atoms with Crippen LogP contribution in [0.3, 0.4) is 0 Å². The molecule has 76 valence electrons. The molecule has 0 radical (unpaired) electrons. The topological polar surface area (TPSA) is 79.5 Å². The molecule has 1 aromatic rings. The van der Waals surface area contributed by atoms with E-state index in [2.05, 4.69) is 5.32 Å². The molecule has 2 N–H and O–H groups in total. The summed E-state index contributed by atoms with van der Waals surface area (Å²) in [6, 6.07) is 2.45. The van der Waals surface area contributed by atoms with Gasteiger partial charge in [0.05, 0.1) is 12.7 Å². The molecule has 1 rings (SSSR count). The van der Waals surface area contributed by atoms with Gasteiger partial charge >= 0.3 is 5.97 Å². The van der Waals surface area contributed by atoms with Crippen LogP contribution in [0.25, 0.3) is 0 Å². The Bertz CT molecular complexity index is 318. The number of rotatable bonds is 4. The summed E-state index contributed by atoms with van der Waals surface area (Å²) in [7, 11) is 0. The van der Waals surface area contributed by atoms with E-state index in [0.717, 1.165) is 0 Å². The second kappa shape index (κ2) is 4.45. The van der Waals surface area contributed by atoms with E-state index >= 15 is 0 Å². The second-order valence-electron chi connectivity index (χ2n) is 2.88. The van der Waals surface area contributed by atoms with Gasteiger partial charge in [-0.15, -0.1) is 0 Å². The fourth-order valence-electron chi connectivity index (χ4n) is 0.926. The molecule has 0 aliphatic rings. The van der Waals surface area contributed by atoms with Crippen molar-refractivity contribution in [3.8, 4) is 0 Å². The molecule has 0 aromatic carbocycles. The molecule has 0 fully saturated rings. The molecule has 1 heterocycles. The smallest absolute Gasteiger partial charge is 0.325 e. The molecule has 0 bridgehead atoms. The number of amides is 1. The van der Waals surface area contributed by atoms with E-state index in [1.807, 2.05) is 0 Å². The van der Waals surface area contributed by atoms with E-state index in [0.29, 0.717) is 5.76 Å². The van der Waals surface area contributed by atoms with Crippen LogP contribution in [0.15, 0.2) is 22.8 Å². The van der Waals surface area contributed by atoms with Gasteiger partial charge in [0.2, 0.25) is 5.91 Å². The van der Waals surface area contributed by atoms with Crippen LogP contribution < -0.4 is 5.32 Å². The Morgan fingerprint density at radius 1 is 1.64 bits per heavy atom. The predicted molar refractivity (Wildman–Crippen MR) is 47.7 cm³/mol. The van der Waals surface area contributed by atoms with Gasteiger partial charge in [-0.1, -0.05) is 0 Å². The van der Waals surface area contributed by atoms with E-state index in [4.69, 9.17) is 9.52 Å². The van der Waals surface area contributed by atoms with Crippen molar-refractivity contribution in [1.29, 1.82) is 0 Å². The van der Waals surface area contributed by atoms with Crippen LogP contribution in [0.2, 0.25) is 0 Å². The van der Waals surface area contributed by atoms with Gasteiger partial charge in [-0.3, -0.25) is 9.59 Å². The molecule has 0 saturated heterocycles. The first kappa shape index (κ1) is 10.3. The predicted octanol–water partition coefficient (Wildman–Crippen LogP) is 0.411. The fraction of sp³-hybridized carbons (Fsp3) is 0.333. The highest BCUT2D eigenvalue weighted by atomic mass is 16.4. The summed E-state index contributed by atoms with van der Waals surface area (Å²) in [4.78, 5) is 21.6. The highest BCUT2D eigenvalue weighted by molar-refractivity contribution is 5.84. The summed E-state index contributed by atoms with van der Waals surface area (Å²) >= 11 is 0. The maximum atomic E-state index is 11.2. The van der Waals surface area contributed by atoms with Crippen LogP contribution in [-0.4, -0.2) is 23.0 Å². The van der Waals surface area contributed by atoms with Crippen molar-refractivity contribution in [2.45, 2.75) is 19.4 Å². The van der Waals surface area contributed by atoms with Crippen molar-refractivity contribution in [3.63, 3.8) is 0 Å². The summed E-state index contributed by atoms with van der Waals surface area (Å²) in [5, 5.41) is 10.8. The zero-order valence-corrected chi connectivity index (χ0v) is 7.69. The number of carbonyl (C=O) groups excluding carboxylic acids is 1. The zero-order chi connectivity index (χ0) is 10.6. The summed E-state index contributed by atoms with van der Waals surface area (Å²) in [5.74, 6) is -0.910. The first-order chi connectivity index (χ1) is 6.59. The van der Waals surface area contributed by atoms with Crippen LogP contribution in [0, 0.1) is 0 Å². The van der Waals surface area contributed by atoms with Gasteiger partial charge in [0, 0.05) is 0 Å². The normalized spacial score (nSPS) is 12.1. The third-order valence-corrected chi connectivity index (χ3v) is 1.66. The summed E-state index contributed by atoms with van der Waals surface area (Å²) in [6.45, 7) is 1.41. The molecule has 14 heavy (non-hydrogen) atoms. The van der Waals surface area contributed by atoms with Gasteiger partial charge in [-0.2, -0.15) is 0 Å². The van der Waals surface area contributed by atoms with Gasteiger partial charge in [0.15, 0.2) is 0 Å². The minimum Gasteiger partial charge on any atom is -0.480 e. The number of carboxylic acid groups (broad SMARTS) is 1. The van der Waals surface area contributed by atoms with E-state index in [9.17, 15) is 9.59 Å². The summed E-state index contributed by atoms with van der Waals surface area (Å²) in [6.07, 6.45) is 1.52. The molecule has 1 atom stereocenters. The average Bonchev–Trinajstić information content (AvgIpc) is 2.56. The Morgan fingerprint density at radius 2 is 2.36 bits per heavy atom. The molecule has 1 aromatic heterocycles. The largest absolute Gasteiger partial charge is 0.480 e. The van der Waals surface area contributed by atoms with Crippen molar-refractivity contribution in [2.24, 2.45) is 0 Å². The Kier molecular flexibility index (Phi) is 3.28. The molecule has 0 unspecified atom stereocenters. The van der Waals surface area contributed by atoms with Gasteiger partial charge < -0.3 is 14.8 Å². The monoisotopic (exact) mass is 197 g/mol. The maximum Gasteiger partial charge on any atom is 0.325 e. The highest BCUT2D eigenvalue weighted by Crippen LogP contribution is 2.00. The quantitative estimate of drug-likeness (QED) is 0.732. The van der Waals surface area contributed by atoms with E-state index in [1.54, 1.807) is 12.1 Å². The maximum absolute atomic E-state index is 11.2. The zero-order valence-electron chi connectivity index (χ0n) is 7.69. The molecule has 0 aliphatic carbocycles. The SMILES string of the molecule is C[C@H](NC(=O)Cc1ccco1)C(=O)O. The van der Waals surface area contributed by atoms with Crippen LogP contribution in [0.4, 0.5) is 0 Å². The van der Waals surface area contributed by atoms with Crippen LogP contribution in [-0.2, 0) is 16.0 Å². The fourth-order valence-corrected chi connectivity index (χ4v) is 0.926. The molecule has 0 saturated carbocycles. The number of hydrogen-bond donors (Lipinski definition) is 2. The lowest BCUT2D eigenvalue weighted by Gasteiger charge is -2.07. The number of carboxylic acids is 1. The van der Waals surface area contributed by atoms with Gasteiger partial charge in [0.1, 0.15) is 11.8 Å². The van der Waals surface area contributed by atoms with Crippen molar-refractivity contribution in [1.82, 2.24) is 5.32 Å². The number of nitrogens with one attached hydrogen (secondary N) is 1. The minimum absolute atomic E-state index is 0.0601. The molecule has 5 nitrogen and oxygen atoms in total. The molecule has 1 amide bonds. The highest BCUT2D eigenvalue weighted by Gasteiger charge is 2.14. The lowest BCUT2D eigenvalue weighted by Crippen LogP contribution is -2.39. The number of aliphatic carboxylic acids is 1. The first-order valence-electron chi connectivity index (χ1n) is 4.14. The number of hydrogen-bond acceptors (Lipinski definition) is 3. The first-order valence-corrected chi connectivity index (χ1v) is 4.14. The van der Waals surface area contributed by atoms with Crippen molar-refractivity contribution >= 4 is 11.9 Å². The van der Waals surface area contributed by atoms with Crippen molar-refractivity contribution in [2.75, 3.05) is 0 Å². The third-order valence-electron chi connectivity index (χ3n) is 1.66. The van der Waals surface area contributed by atoms with E-state index < -0.39 is 12.0 Å². The molecule has 0 spiro atoms. The van der Waals surface area contributed by atoms with Crippen molar-refractivity contribution < 1.29 is 19.1 Å². The lowest BCUT2D eigenvalue weighted by molar-refractivity contribution is -0.141. The van der Waals surface area contributed by atoms with E-state index in [-0.39, 0.29) is 12.3 Å². The second-order valence-corrected chi connectivity index (χ2v) is 2.88. The molecular formula is C9H11NO4. The van der Waals surface area contributed by atoms with Gasteiger partial charge in [-0.05, 0) is 19.1 Å². The Morgan fingerprint density at radius 3 is 2.86 bits per heavy atom. The third kappa shape index (κ3) is 2.93. The summed E-state index contributed by atoms with van der Waals surface area (Å²) < 4.78 is 4.94. The van der Waals surface area contributed by atoms with Crippen LogP contribution >= 0.6 is 0 Å². The van der Waals surface area contributed by atoms with E-state index in [1.165, 1.54) is 13.2 Å². The van der Waals surface area contributed by atoms with Gasteiger partial charge in [-0.25, -0.2) is 0 Å². The van der Waals surface area contributed by atoms with Crippen molar-refractivity contribution in [3.05, 3.63) is 24.2 Å². The van der Waals surface area contributed by atoms with Gasteiger partial charge in [0.25, 0.3) is 0 Å². The van der Waals surface area contributed by atoms with Crippen LogP contribution in [0.5, 0.6) is 0 Å². The molecule has 5 heteroatoms. The molecule has 0 aliphatic heterocycles. The minimum atomic E-state index is -1.06. The Hall–Kier alpha value is -1.78. The standard InChI is InChI=1S/C9H11NO4/c1-6(9(12)13)10-8(11)5-7-3-2-4-14-7/h2-4,6H,5H2,1H3,(H,10,11)(H,12,13)/t6-/m0/s1. The average molecular weight is 197 g/mol. The molecular weight excluding hydrogens is 186 g/mol.